The van der Waals surface area contributed by atoms with E-state index in [-0.39, 0.29) is 18.1 Å². The first-order valence-corrected chi connectivity index (χ1v) is 10.0. The van der Waals surface area contributed by atoms with E-state index in [1.54, 1.807) is 17.9 Å². The van der Waals surface area contributed by atoms with E-state index in [9.17, 15) is 18.0 Å². The SMILES string of the molecule is Cc1cc(Cc2cccc(C(F)(F)F)c2)cc([C@H]2CN(C(=O)c3nonc3C)CCO2)n1. The van der Waals surface area contributed by atoms with Crippen molar-refractivity contribution in [1.82, 2.24) is 20.2 Å². The van der Waals surface area contributed by atoms with Gasteiger partial charge in [-0.2, -0.15) is 13.2 Å². The summed E-state index contributed by atoms with van der Waals surface area (Å²) < 4.78 is 49.6. The van der Waals surface area contributed by atoms with Crippen LogP contribution in [0.15, 0.2) is 41.0 Å². The number of ether oxygens (including phenoxy) is 1. The molecule has 32 heavy (non-hydrogen) atoms. The zero-order chi connectivity index (χ0) is 22.9. The van der Waals surface area contributed by atoms with Crippen molar-refractivity contribution >= 4 is 5.91 Å². The summed E-state index contributed by atoms with van der Waals surface area (Å²) in [5, 5.41) is 7.32. The number of carbonyl (C=O) groups excluding carboxylic acids is 1. The Labute approximate surface area is 182 Å². The Bertz CT molecular complexity index is 1130. The molecule has 1 aromatic carbocycles. The van der Waals surface area contributed by atoms with Crippen molar-refractivity contribution in [3.63, 3.8) is 0 Å². The summed E-state index contributed by atoms with van der Waals surface area (Å²) in [6.07, 6.45) is -4.54. The Morgan fingerprint density at radius 3 is 2.69 bits per heavy atom. The number of alkyl halides is 3. The van der Waals surface area contributed by atoms with Gasteiger partial charge in [0.15, 0.2) is 5.69 Å². The molecule has 10 heteroatoms. The Morgan fingerprint density at radius 1 is 1.16 bits per heavy atom. The highest BCUT2D eigenvalue weighted by Gasteiger charge is 2.31. The van der Waals surface area contributed by atoms with Crippen molar-refractivity contribution in [2.75, 3.05) is 19.7 Å². The molecular formula is C22H21F3N4O3. The summed E-state index contributed by atoms with van der Waals surface area (Å²) in [6, 6.07) is 8.92. The number of morpholine rings is 1. The molecule has 0 aliphatic carbocycles. The van der Waals surface area contributed by atoms with Gasteiger partial charge in [-0.15, -0.1) is 0 Å². The van der Waals surface area contributed by atoms with Gasteiger partial charge in [-0.1, -0.05) is 23.4 Å². The number of hydrogen-bond donors (Lipinski definition) is 0. The molecule has 4 rings (SSSR count). The highest BCUT2D eigenvalue weighted by molar-refractivity contribution is 5.93. The number of aryl methyl sites for hydroxylation is 2. The van der Waals surface area contributed by atoms with Gasteiger partial charge in [0.25, 0.3) is 5.91 Å². The van der Waals surface area contributed by atoms with Crippen LogP contribution in [0.4, 0.5) is 13.2 Å². The van der Waals surface area contributed by atoms with Gasteiger partial charge < -0.3 is 9.64 Å². The van der Waals surface area contributed by atoms with Crippen LogP contribution in [0.2, 0.25) is 0 Å². The van der Waals surface area contributed by atoms with Gasteiger partial charge in [0.05, 0.1) is 24.4 Å². The molecule has 1 atom stereocenters. The second kappa shape index (κ2) is 8.70. The topological polar surface area (TPSA) is 81.4 Å². The second-order valence-electron chi connectivity index (χ2n) is 7.73. The van der Waals surface area contributed by atoms with Crippen LogP contribution in [-0.4, -0.2) is 45.8 Å². The highest BCUT2D eigenvalue weighted by atomic mass is 19.4. The van der Waals surface area contributed by atoms with Crippen LogP contribution in [0.1, 0.15) is 50.4 Å². The van der Waals surface area contributed by atoms with E-state index in [4.69, 9.17) is 4.74 Å². The molecule has 1 aliphatic heterocycles. The predicted molar refractivity (Wildman–Crippen MR) is 107 cm³/mol. The minimum atomic E-state index is -4.39. The number of aromatic nitrogens is 3. The average molecular weight is 446 g/mol. The Morgan fingerprint density at radius 2 is 1.97 bits per heavy atom. The first kappa shape index (κ1) is 21.9. The van der Waals surface area contributed by atoms with Crippen LogP contribution in [0.3, 0.4) is 0 Å². The van der Waals surface area contributed by atoms with Gasteiger partial charge in [0.2, 0.25) is 0 Å². The molecule has 0 unspecified atom stereocenters. The summed E-state index contributed by atoms with van der Waals surface area (Å²) >= 11 is 0. The molecule has 7 nitrogen and oxygen atoms in total. The molecule has 0 spiro atoms. The summed E-state index contributed by atoms with van der Waals surface area (Å²) in [6.45, 7) is 4.44. The van der Waals surface area contributed by atoms with Crippen LogP contribution in [0.5, 0.6) is 0 Å². The lowest BCUT2D eigenvalue weighted by Crippen LogP contribution is -2.42. The summed E-state index contributed by atoms with van der Waals surface area (Å²) in [5.41, 5.74) is 2.60. The van der Waals surface area contributed by atoms with E-state index in [2.05, 4.69) is 19.9 Å². The maximum absolute atomic E-state index is 13.0. The van der Waals surface area contributed by atoms with Gasteiger partial charge in [0, 0.05) is 12.2 Å². The molecule has 2 aromatic heterocycles. The lowest BCUT2D eigenvalue weighted by atomic mass is 10.0. The smallest absolute Gasteiger partial charge is 0.368 e. The van der Waals surface area contributed by atoms with Gasteiger partial charge in [-0.3, -0.25) is 9.78 Å². The summed E-state index contributed by atoms with van der Waals surface area (Å²) in [5.74, 6) is -0.297. The number of rotatable bonds is 4. The van der Waals surface area contributed by atoms with Crippen LogP contribution < -0.4 is 0 Å². The third-order valence-electron chi connectivity index (χ3n) is 5.23. The molecule has 1 amide bonds. The third-order valence-corrected chi connectivity index (χ3v) is 5.23. The minimum absolute atomic E-state index is 0.160. The van der Waals surface area contributed by atoms with Crippen LogP contribution >= 0.6 is 0 Å². The fraction of sp³-hybridized carbons (Fsp3) is 0.364. The van der Waals surface area contributed by atoms with Crippen LogP contribution in [0.25, 0.3) is 0 Å². The molecule has 0 bridgehead atoms. The van der Waals surface area contributed by atoms with Crippen LogP contribution in [-0.2, 0) is 17.3 Å². The fourth-order valence-corrected chi connectivity index (χ4v) is 3.72. The molecule has 1 aliphatic rings. The van der Waals surface area contributed by atoms with Crippen molar-refractivity contribution in [3.05, 3.63) is 75.9 Å². The molecule has 0 saturated carbocycles. The van der Waals surface area contributed by atoms with Crippen molar-refractivity contribution in [1.29, 1.82) is 0 Å². The standard InChI is InChI=1S/C22H21F3N4O3/c1-13-8-16(9-15-4-3-5-17(10-15)22(23,24)25)11-18(26-13)19-12-29(6-7-31-19)21(30)20-14(2)27-32-28-20/h3-5,8,10-11,19H,6-7,9,12H2,1-2H3/t19-/m1/s1. The van der Waals surface area contributed by atoms with E-state index in [1.807, 2.05) is 19.1 Å². The van der Waals surface area contributed by atoms with Gasteiger partial charge >= 0.3 is 6.18 Å². The zero-order valence-corrected chi connectivity index (χ0v) is 17.5. The van der Waals surface area contributed by atoms with Gasteiger partial charge in [-0.05, 0) is 54.8 Å². The number of hydrogen-bond acceptors (Lipinski definition) is 6. The minimum Gasteiger partial charge on any atom is -0.368 e. The monoisotopic (exact) mass is 446 g/mol. The average Bonchev–Trinajstić information content (AvgIpc) is 3.18. The molecule has 3 aromatic rings. The van der Waals surface area contributed by atoms with E-state index >= 15 is 0 Å². The van der Waals surface area contributed by atoms with E-state index in [1.165, 1.54) is 6.07 Å². The number of carbonyl (C=O) groups is 1. The molecule has 168 valence electrons. The third kappa shape index (κ3) is 4.80. The van der Waals surface area contributed by atoms with Gasteiger partial charge in [-0.25, -0.2) is 4.63 Å². The molecule has 3 heterocycles. The number of pyridine rings is 1. The largest absolute Gasteiger partial charge is 0.416 e. The Hall–Kier alpha value is -3.27. The summed E-state index contributed by atoms with van der Waals surface area (Å²) in [4.78, 5) is 18.9. The fourth-order valence-electron chi connectivity index (χ4n) is 3.72. The zero-order valence-electron chi connectivity index (χ0n) is 17.5. The van der Waals surface area contributed by atoms with Gasteiger partial charge in [0.1, 0.15) is 11.8 Å². The number of benzene rings is 1. The quantitative estimate of drug-likeness (QED) is 0.605. The highest BCUT2D eigenvalue weighted by Crippen LogP contribution is 2.30. The number of halogens is 3. The molecule has 1 fully saturated rings. The first-order chi connectivity index (χ1) is 15.2. The summed E-state index contributed by atoms with van der Waals surface area (Å²) in [7, 11) is 0. The Kier molecular flexibility index (Phi) is 5.96. The van der Waals surface area contributed by atoms with E-state index in [0.29, 0.717) is 42.2 Å². The van der Waals surface area contributed by atoms with Crippen molar-refractivity contribution in [3.8, 4) is 0 Å². The second-order valence-corrected chi connectivity index (χ2v) is 7.73. The van der Waals surface area contributed by atoms with E-state index in [0.717, 1.165) is 17.7 Å². The lowest BCUT2D eigenvalue weighted by molar-refractivity contribution is -0.137. The number of amides is 1. The maximum atomic E-state index is 13.0. The van der Waals surface area contributed by atoms with Crippen molar-refractivity contribution < 1.29 is 27.3 Å². The normalized spacial score (nSPS) is 16.9. The van der Waals surface area contributed by atoms with E-state index < -0.39 is 17.8 Å². The van der Waals surface area contributed by atoms with Crippen molar-refractivity contribution in [2.45, 2.75) is 32.5 Å². The first-order valence-electron chi connectivity index (χ1n) is 10.0. The Balaban J connectivity index is 1.54. The predicted octanol–water partition coefficient (Wildman–Crippen LogP) is 3.90. The molecule has 1 saturated heterocycles. The lowest BCUT2D eigenvalue weighted by Gasteiger charge is -2.32. The van der Waals surface area contributed by atoms with Crippen molar-refractivity contribution in [2.24, 2.45) is 0 Å². The molecule has 0 N–H and O–H groups in total. The number of nitrogens with zero attached hydrogens (tertiary/aromatic N) is 4. The molecular weight excluding hydrogens is 425 g/mol. The van der Waals surface area contributed by atoms with Crippen LogP contribution in [0, 0.1) is 13.8 Å². The molecule has 0 radical (unpaired) electrons. The maximum Gasteiger partial charge on any atom is 0.416 e.